The van der Waals surface area contributed by atoms with Crippen molar-refractivity contribution in [2.24, 2.45) is 10.9 Å². The van der Waals surface area contributed by atoms with E-state index in [1.165, 1.54) is 19.5 Å². The fraction of sp³-hybridized carbons (Fsp3) is 0.333. The number of hydrogen-bond donors (Lipinski definition) is 2. The zero-order valence-electron chi connectivity index (χ0n) is 14.1. The minimum atomic E-state index is -0.506. The third-order valence-electron chi connectivity index (χ3n) is 3.94. The van der Waals surface area contributed by atoms with Crippen LogP contribution in [0.5, 0.6) is 5.75 Å². The van der Waals surface area contributed by atoms with Crippen LogP contribution in [-0.2, 0) is 13.0 Å². The Labute approximate surface area is 146 Å². The van der Waals surface area contributed by atoms with Gasteiger partial charge in [-0.15, -0.1) is 0 Å². The molecular weight excluding hydrogens is 320 g/mol. The number of rotatable bonds is 9. The summed E-state index contributed by atoms with van der Waals surface area (Å²) in [4.78, 5) is 27.1. The van der Waals surface area contributed by atoms with E-state index >= 15 is 0 Å². The molecule has 0 spiro atoms. The number of carbonyl (C=O) groups excluding carboxylic acids is 1. The predicted molar refractivity (Wildman–Crippen MR) is 95.4 cm³/mol. The summed E-state index contributed by atoms with van der Waals surface area (Å²) in [6.07, 6.45) is 4.18. The van der Waals surface area contributed by atoms with E-state index in [4.69, 9.17) is 10.5 Å². The Morgan fingerprint density at radius 1 is 1.32 bits per heavy atom. The lowest BCUT2D eigenvalue weighted by atomic mass is 10.0. The molecule has 1 aromatic carbocycles. The Balaban J connectivity index is 1.89. The van der Waals surface area contributed by atoms with Crippen molar-refractivity contribution in [3.63, 3.8) is 0 Å². The van der Waals surface area contributed by atoms with Crippen molar-refractivity contribution in [2.45, 2.75) is 25.4 Å². The Hall–Kier alpha value is -2.80. The summed E-state index contributed by atoms with van der Waals surface area (Å²) in [6.45, 7) is 0.624. The second-order valence-electron chi connectivity index (χ2n) is 5.59. The number of nitrogens with one attached hydrogen (secondary N) is 1. The number of aromatic nitrogens is 1. The van der Waals surface area contributed by atoms with Crippen molar-refractivity contribution >= 4 is 5.91 Å². The molecule has 3 N–H and O–H groups in total. The first-order chi connectivity index (χ1) is 12.2. The maximum absolute atomic E-state index is 12.1. The first kappa shape index (κ1) is 18.5. The number of aryl methyl sites for hydroxylation is 1. The van der Waals surface area contributed by atoms with Gasteiger partial charge in [-0.05, 0) is 30.0 Å². The zero-order chi connectivity index (χ0) is 18.1. The summed E-state index contributed by atoms with van der Waals surface area (Å²) >= 11 is 0. The van der Waals surface area contributed by atoms with Crippen LogP contribution in [-0.4, -0.2) is 30.6 Å². The molecule has 1 heterocycles. The molecule has 0 saturated carbocycles. The van der Waals surface area contributed by atoms with E-state index in [9.17, 15) is 9.70 Å². The van der Waals surface area contributed by atoms with E-state index in [1.54, 1.807) is 6.07 Å². The van der Waals surface area contributed by atoms with Crippen LogP contribution in [0.25, 0.3) is 0 Å². The number of pyridine rings is 1. The van der Waals surface area contributed by atoms with Gasteiger partial charge in [0.25, 0.3) is 5.91 Å². The lowest BCUT2D eigenvalue weighted by molar-refractivity contribution is 0.0950. The first-order valence-corrected chi connectivity index (χ1v) is 8.04. The summed E-state index contributed by atoms with van der Waals surface area (Å²) in [7, 11) is 1.50. The Morgan fingerprint density at radius 3 is 2.76 bits per heavy atom. The van der Waals surface area contributed by atoms with Crippen LogP contribution in [0.1, 0.15) is 27.9 Å². The molecular formula is C18H22N4O3. The number of carbonyl (C=O) groups is 1. The minimum absolute atomic E-state index is 0.171. The molecule has 0 fully saturated rings. The van der Waals surface area contributed by atoms with Crippen molar-refractivity contribution < 1.29 is 9.53 Å². The van der Waals surface area contributed by atoms with Gasteiger partial charge in [-0.2, -0.15) is 4.91 Å². The third kappa shape index (κ3) is 5.36. The van der Waals surface area contributed by atoms with Gasteiger partial charge in [0.15, 0.2) is 0 Å². The predicted octanol–water partition coefficient (Wildman–Crippen LogP) is 2.05. The van der Waals surface area contributed by atoms with Gasteiger partial charge in [0, 0.05) is 19.3 Å². The van der Waals surface area contributed by atoms with Crippen LogP contribution in [0.3, 0.4) is 0 Å². The molecule has 1 unspecified atom stereocenters. The largest absolute Gasteiger partial charge is 0.495 e. The molecule has 0 radical (unpaired) electrons. The van der Waals surface area contributed by atoms with Gasteiger partial charge in [0.05, 0.1) is 18.9 Å². The number of nitroso groups, excluding NO2 is 1. The Morgan fingerprint density at radius 2 is 2.08 bits per heavy atom. The summed E-state index contributed by atoms with van der Waals surface area (Å²) < 4.78 is 5.04. The smallest absolute Gasteiger partial charge is 0.253 e. The number of nitrogens with two attached hydrogens (primary N) is 1. The van der Waals surface area contributed by atoms with Crippen molar-refractivity contribution in [1.82, 2.24) is 10.3 Å². The third-order valence-corrected chi connectivity index (χ3v) is 3.94. The second-order valence-corrected chi connectivity index (χ2v) is 5.59. The number of benzene rings is 1. The summed E-state index contributed by atoms with van der Waals surface area (Å²) in [5, 5.41) is 5.83. The molecule has 7 heteroatoms. The minimum Gasteiger partial charge on any atom is -0.495 e. The molecule has 2 rings (SSSR count). The van der Waals surface area contributed by atoms with Crippen LogP contribution in [0, 0.1) is 4.91 Å². The molecule has 2 aromatic rings. The maximum atomic E-state index is 12.1. The molecule has 132 valence electrons. The van der Waals surface area contributed by atoms with Crippen LogP contribution in [0.2, 0.25) is 0 Å². The highest BCUT2D eigenvalue weighted by Gasteiger charge is 2.14. The van der Waals surface area contributed by atoms with Crippen LogP contribution >= 0.6 is 0 Å². The summed E-state index contributed by atoms with van der Waals surface area (Å²) in [5.74, 6) is 0.179. The molecule has 0 aliphatic heterocycles. The van der Waals surface area contributed by atoms with Gasteiger partial charge < -0.3 is 15.8 Å². The molecule has 0 aliphatic rings. The maximum Gasteiger partial charge on any atom is 0.253 e. The zero-order valence-corrected chi connectivity index (χ0v) is 14.1. The number of methoxy groups -OCH3 is 1. The van der Waals surface area contributed by atoms with Crippen molar-refractivity contribution in [2.75, 3.05) is 13.7 Å². The Bertz CT molecular complexity index is 721. The van der Waals surface area contributed by atoms with Gasteiger partial charge in [-0.1, -0.05) is 29.4 Å². The van der Waals surface area contributed by atoms with E-state index in [-0.39, 0.29) is 12.5 Å². The molecule has 25 heavy (non-hydrogen) atoms. The van der Waals surface area contributed by atoms with Gasteiger partial charge in [0.2, 0.25) is 0 Å². The van der Waals surface area contributed by atoms with Gasteiger partial charge in [0.1, 0.15) is 11.8 Å². The molecule has 0 aliphatic carbocycles. The monoisotopic (exact) mass is 342 g/mol. The average Bonchev–Trinajstić information content (AvgIpc) is 2.68. The van der Waals surface area contributed by atoms with Gasteiger partial charge in [-0.3, -0.25) is 9.78 Å². The molecule has 1 amide bonds. The molecule has 1 atom stereocenters. The molecule has 0 bridgehead atoms. The normalized spacial score (nSPS) is 11.6. The lowest BCUT2D eigenvalue weighted by Gasteiger charge is -2.12. The van der Waals surface area contributed by atoms with E-state index in [2.05, 4.69) is 15.5 Å². The number of nitrogens with zero attached hydrogens (tertiary/aromatic N) is 2. The van der Waals surface area contributed by atoms with E-state index in [0.717, 1.165) is 11.1 Å². The van der Waals surface area contributed by atoms with Crippen molar-refractivity contribution in [3.05, 3.63) is 64.3 Å². The molecule has 7 nitrogen and oxygen atoms in total. The first-order valence-electron chi connectivity index (χ1n) is 8.04. The lowest BCUT2D eigenvalue weighted by Crippen LogP contribution is -2.31. The van der Waals surface area contributed by atoms with E-state index < -0.39 is 6.04 Å². The fourth-order valence-corrected chi connectivity index (χ4v) is 2.48. The SMILES string of the molecule is COc1cncc(C(=O)NCC(CCc2ccccc2CN)N=O)c1. The van der Waals surface area contributed by atoms with Crippen LogP contribution in [0.4, 0.5) is 0 Å². The fourth-order valence-electron chi connectivity index (χ4n) is 2.48. The summed E-state index contributed by atoms with van der Waals surface area (Å²) in [5.41, 5.74) is 8.24. The van der Waals surface area contributed by atoms with E-state index in [1.807, 2.05) is 24.3 Å². The summed E-state index contributed by atoms with van der Waals surface area (Å²) in [6, 6.07) is 8.91. The van der Waals surface area contributed by atoms with Crippen molar-refractivity contribution in [1.29, 1.82) is 0 Å². The van der Waals surface area contributed by atoms with Crippen LogP contribution < -0.4 is 15.8 Å². The highest BCUT2D eigenvalue weighted by molar-refractivity contribution is 5.94. The highest BCUT2D eigenvalue weighted by atomic mass is 16.5. The van der Waals surface area contributed by atoms with Crippen LogP contribution in [0.15, 0.2) is 47.9 Å². The van der Waals surface area contributed by atoms with Gasteiger partial charge in [-0.25, -0.2) is 0 Å². The number of amides is 1. The standard InChI is InChI=1S/C18H22N4O3/c1-25-17-8-15(10-20-12-17)18(23)21-11-16(22-24)7-6-13-4-2-3-5-14(13)9-19/h2-5,8,10,12,16H,6-7,9,11,19H2,1H3,(H,21,23). The van der Waals surface area contributed by atoms with Gasteiger partial charge >= 0.3 is 0 Å². The highest BCUT2D eigenvalue weighted by Crippen LogP contribution is 2.13. The average molecular weight is 342 g/mol. The van der Waals surface area contributed by atoms with E-state index in [0.29, 0.717) is 30.7 Å². The topological polar surface area (TPSA) is 107 Å². The molecule has 1 aromatic heterocycles. The number of hydrogen-bond acceptors (Lipinski definition) is 6. The quantitative estimate of drug-likeness (QED) is 0.678. The molecule has 0 saturated heterocycles. The second kappa shape index (κ2) is 9.48. The Kier molecular flexibility index (Phi) is 7.03. The number of ether oxygens (including phenoxy) is 1. The van der Waals surface area contributed by atoms with Crippen molar-refractivity contribution in [3.8, 4) is 5.75 Å².